The number of benzene rings is 1. The molecule has 2 aromatic rings. The highest BCUT2D eigenvalue weighted by Gasteiger charge is 2.10. The van der Waals surface area contributed by atoms with Crippen molar-refractivity contribution in [3.05, 3.63) is 46.2 Å². The summed E-state index contributed by atoms with van der Waals surface area (Å²) in [5.74, 6) is 0.869. The molecule has 1 aromatic heterocycles. The van der Waals surface area contributed by atoms with Crippen LogP contribution in [0, 0.1) is 6.92 Å². The fourth-order valence-corrected chi connectivity index (χ4v) is 2.17. The maximum atomic E-state index is 6.20. The van der Waals surface area contributed by atoms with E-state index >= 15 is 0 Å². The Morgan fingerprint density at radius 2 is 1.95 bits per heavy atom. The SMILES string of the molecule is COc1ccc(CNCc2c(Cl)c(C)nn2C)cc1. The summed E-state index contributed by atoms with van der Waals surface area (Å²) in [6, 6.07) is 8.00. The Kier molecular flexibility index (Phi) is 4.45. The fraction of sp³-hybridized carbons (Fsp3) is 0.357. The van der Waals surface area contributed by atoms with Gasteiger partial charge in [-0.3, -0.25) is 4.68 Å². The summed E-state index contributed by atoms with van der Waals surface area (Å²) in [7, 11) is 3.57. The first-order valence-corrected chi connectivity index (χ1v) is 6.51. The summed E-state index contributed by atoms with van der Waals surface area (Å²) < 4.78 is 6.95. The Labute approximate surface area is 118 Å². The molecule has 4 nitrogen and oxygen atoms in total. The highest BCUT2D eigenvalue weighted by atomic mass is 35.5. The number of nitrogens with one attached hydrogen (secondary N) is 1. The molecule has 0 spiro atoms. The van der Waals surface area contributed by atoms with Crippen LogP contribution in [0.25, 0.3) is 0 Å². The van der Waals surface area contributed by atoms with Crippen LogP contribution in [-0.2, 0) is 20.1 Å². The molecular formula is C14H18ClN3O. The van der Waals surface area contributed by atoms with Gasteiger partial charge in [0.1, 0.15) is 5.75 Å². The minimum atomic E-state index is 0.697. The number of aromatic nitrogens is 2. The van der Waals surface area contributed by atoms with Crippen molar-refractivity contribution in [3.63, 3.8) is 0 Å². The summed E-state index contributed by atoms with van der Waals surface area (Å²) in [6.45, 7) is 3.39. The molecule has 5 heteroatoms. The van der Waals surface area contributed by atoms with Gasteiger partial charge in [0.2, 0.25) is 0 Å². The number of nitrogens with zero attached hydrogens (tertiary/aromatic N) is 2. The van der Waals surface area contributed by atoms with Crippen LogP contribution in [0.2, 0.25) is 5.02 Å². The van der Waals surface area contributed by atoms with E-state index in [1.54, 1.807) is 7.11 Å². The van der Waals surface area contributed by atoms with Crippen LogP contribution >= 0.6 is 11.6 Å². The lowest BCUT2D eigenvalue weighted by Crippen LogP contribution is -2.15. The van der Waals surface area contributed by atoms with E-state index in [0.717, 1.165) is 28.7 Å². The summed E-state index contributed by atoms with van der Waals surface area (Å²) in [5, 5.41) is 8.39. The smallest absolute Gasteiger partial charge is 0.118 e. The van der Waals surface area contributed by atoms with Crippen LogP contribution in [0.5, 0.6) is 5.75 Å². The van der Waals surface area contributed by atoms with Crippen molar-refractivity contribution in [1.29, 1.82) is 0 Å². The second-order valence-electron chi connectivity index (χ2n) is 4.42. The Morgan fingerprint density at radius 3 is 2.47 bits per heavy atom. The topological polar surface area (TPSA) is 39.1 Å². The lowest BCUT2D eigenvalue weighted by Gasteiger charge is -2.07. The molecule has 0 atom stereocenters. The molecule has 2 rings (SSSR count). The molecule has 0 saturated heterocycles. The van der Waals surface area contributed by atoms with Gasteiger partial charge in [-0.15, -0.1) is 0 Å². The van der Waals surface area contributed by atoms with Crippen LogP contribution in [0.4, 0.5) is 0 Å². The Bertz CT molecular complexity index is 549. The zero-order valence-electron chi connectivity index (χ0n) is 11.4. The normalized spacial score (nSPS) is 10.7. The number of hydrogen-bond acceptors (Lipinski definition) is 3. The zero-order valence-corrected chi connectivity index (χ0v) is 12.2. The van der Waals surface area contributed by atoms with Crippen LogP contribution in [0.3, 0.4) is 0 Å². The average Bonchev–Trinajstić information content (AvgIpc) is 2.66. The molecule has 1 N–H and O–H groups in total. The second kappa shape index (κ2) is 6.08. The first-order chi connectivity index (χ1) is 9.11. The monoisotopic (exact) mass is 279 g/mol. The van der Waals surface area contributed by atoms with Gasteiger partial charge in [0.25, 0.3) is 0 Å². The fourth-order valence-electron chi connectivity index (χ4n) is 1.94. The summed E-state index contributed by atoms with van der Waals surface area (Å²) >= 11 is 6.20. The third-order valence-corrected chi connectivity index (χ3v) is 3.53. The highest BCUT2D eigenvalue weighted by Crippen LogP contribution is 2.19. The van der Waals surface area contributed by atoms with Gasteiger partial charge in [0, 0.05) is 20.1 Å². The van der Waals surface area contributed by atoms with Crippen LogP contribution in [0.15, 0.2) is 24.3 Å². The highest BCUT2D eigenvalue weighted by molar-refractivity contribution is 6.31. The minimum Gasteiger partial charge on any atom is -0.497 e. The van der Waals surface area contributed by atoms with E-state index in [9.17, 15) is 0 Å². The van der Waals surface area contributed by atoms with Crippen molar-refractivity contribution in [2.24, 2.45) is 7.05 Å². The van der Waals surface area contributed by atoms with E-state index in [1.165, 1.54) is 5.56 Å². The predicted octanol–water partition coefficient (Wildman–Crippen LogP) is 2.68. The minimum absolute atomic E-state index is 0.697. The lowest BCUT2D eigenvalue weighted by molar-refractivity contribution is 0.414. The molecule has 0 aliphatic rings. The Morgan fingerprint density at radius 1 is 1.26 bits per heavy atom. The molecular weight excluding hydrogens is 262 g/mol. The number of ether oxygens (including phenoxy) is 1. The van der Waals surface area contributed by atoms with E-state index in [4.69, 9.17) is 16.3 Å². The van der Waals surface area contributed by atoms with Crippen LogP contribution in [0.1, 0.15) is 17.0 Å². The van der Waals surface area contributed by atoms with Crippen LogP contribution in [-0.4, -0.2) is 16.9 Å². The standard InChI is InChI=1S/C14H18ClN3O/c1-10-14(15)13(18(2)17-10)9-16-8-11-4-6-12(19-3)7-5-11/h4-7,16H,8-9H2,1-3H3. The van der Waals surface area contributed by atoms with Crippen molar-refractivity contribution >= 4 is 11.6 Å². The van der Waals surface area contributed by atoms with Gasteiger partial charge in [-0.25, -0.2) is 0 Å². The molecule has 0 radical (unpaired) electrons. The van der Waals surface area contributed by atoms with E-state index in [0.29, 0.717) is 6.54 Å². The number of hydrogen-bond donors (Lipinski definition) is 1. The second-order valence-corrected chi connectivity index (χ2v) is 4.80. The maximum absolute atomic E-state index is 6.20. The van der Waals surface area contributed by atoms with Crippen molar-refractivity contribution in [3.8, 4) is 5.75 Å². The summed E-state index contributed by atoms with van der Waals surface area (Å²) in [6.07, 6.45) is 0. The summed E-state index contributed by atoms with van der Waals surface area (Å²) in [5.41, 5.74) is 3.08. The van der Waals surface area contributed by atoms with Gasteiger partial charge in [0.05, 0.1) is 23.5 Å². The molecule has 19 heavy (non-hydrogen) atoms. The molecule has 1 heterocycles. The van der Waals surface area contributed by atoms with E-state index in [-0.39, 0.29) is 0 Å². The number of methoxy groups -OCH3 is 1. The van der Waals surface area contributed by atoms with E-state index in [1.807, 2.05) is 42.9 Å². The predicted molar refractivity (Wildman–Crippen MR) is 76.5 cm³/mol. The quantitative estimate of drug-likeness (QED) is 0.915. The Balaban J connectivity index is 1.92. The van der Waals surface area contributed by atoms with Gasteiger partial charge in [-0.2, -0.15) is 5.10 Å². The molecule has 0 aliphatic heterocycles. The number of rotatable bonds is 5. The number of halogens is 1. The molecule has 0 amide bonds. The molecule has 1 aromatic carbocycles. The van der Waals surface area contributed by atoms with E-state index in [2.05, 4.69) is 10.4 Å². The third-order valence-electron chi connectivity index (χ3n) is 3.04. The third kappa shape index (κ3) is 3.28. The molecule has 0 unspecified atom stereocenters. The molecule has 0 bridgehead atoms. The van der Waals surface area contributed by atoms with Gasteiger partial charge in [-0.1, -0.05) is 23.7 Å². The van der Waals surface area contributed by atoms with Crippen molar-refractivity contribution < 1.29 is 4.74 Å². The van der Waals surface area contributed by atoms with E-state index < -0.39 is 0 Å². The average molecular weight is 280 g/mol. The van der Waals surface area contributed by atoms with Gasteiger partial charge < -0.3 is 10.1 Å². The first kappa shape index (κ1) is 13.9. The molecule has 0 saturated carbocycles. The lowest BCUT2D eigenvalue weighted by atomic mass is 10.2. The van der Waals surface area contributed by atoms with Crippen molar-refractivity contribution in [2.75, 3.05) is 7.11 Å². The van der Waals surface area contributed by atoms with Crippen molar-refractivity contribution in [2.45, 2.75) is 20.0 Å². The largest absolute Gasteiger partial charge is 0.497 e. The van der Waals surface area contributed by atoms with Crippen LogP contribution < -0.4 is 10.1 Å². The summed E-state index contributed by atoms with van der Waals surface area (Å²) in [4.78, 5) is 0. The first-order valence-electron chi connectivity index (χ1n) is 6.13. The molecule has 0 aliphatic carbocycles. The molecule has 0 fully saturated rings. The zero-order chi connectivity index (χ0) is 13.8. The van der Waals surface area contributed by atoms with Gasteiger partial charge in [-0.05, 0) is 24.6 Å². The van der Waals surface area contributed by atoms with Crippen molar-refractivity contribution in [1.82, 2.24) is 15.1 Å². The Hall–Kier alpha value is -1.52. The van der Waals surface area contributed by atoms with Gasteiger partial charge in [0.15, 0.2) is 0 Å². The molecule has 102 valence electrons. The van der Waals surface area contributed by atoms with Gasteiger partial charge >= 0.3 is 0 Å². The maximum Gasteiger partial charge on any atom is 0.118 e. The number of aryl methyl sites for hydroxylation is 2.